The maximum Gasteiger partial charge on any atom is 0.316 e. The number of aromatic nitrogens is 6. The predicted molar refractivity (Wildman–Crippen MR) is 124 cm³/mol. The van der Waals surface area contributed by atoms with Crippen molar-refractivity contribution in [1.82, 2.24) is 35.2 Å². The molecule has 0 aliphatic carbocycles. The Morgan fingerprint density at radius 1 is 1.06 bits per heavy atom. The highest BCUT2D eigenvalue weighted by Crippen LogP contribution is 2.26. The lowest BCUT2D eigenvalue weighted by Gasteiger charge is -2.16. The molecule has 1 unspecified atom stereocenters. The van der Waals surface area contributed by atoms with E-state index in [-0.39, 0.29) is 11.8 Å². The zero-order chi connectivity index (χ0) is 23.2. The van der Waals surface area contributed by atoms with Crippen molar-refractivity contribution in [3.05, 3.63) is 60.6 Å². The normalized spacial score (nSPS) is 11.7. The Morgan fingerprint density at radius 2 is 1.85 bits per heavy atom. The quantitative estimate of drug-likeness (QED) is 0.421. The van der Waals surface area contributed by atoms with Crippen LogP contribution in [0.1, 0.15) is 35.8 Å². The number of fused-ring (bicyclic) bond motifs is 1. The number of benzene rings is 1. The van der Waals surface area contributed by atoms with Gasteiger partial charge in [-0.3, -0.25) is 4.79 Å². The lowest BCUT2D eigenvalue weighted by Crippen LogP contribution is -2.20. The number of para-hydroxylation sites is 1. The number of hydrogen-bond acceptors (Lipinski definition) is 9. The summed E-state index contributed by atoms with van der Waals surface area (Å²) in [6.07, 6.45) is 6.27. The maximum absolute atomic E-state index is 12.2. The largest absolute Gasteiger partial charge is 0.464 e. The van der Waals surface area contributed by atoms with E-state index < -0.39 is 0 Å². The van der Waals surface area contributed by atoms with Crippen LogP contribution in [0.3, 0.4) is 0 Å². The van der Waals surface area contributed by atoms with Gasteiger partial charge >= 0.3 is 6.01 Å². The molecule has 0 bridgehead atoms. The van der Waals surface area contributed by atoms with Crippen molar-refractivity contribution in [3.63, 3.8) is 0 Å². The number of nitrogens with zero attached hydrogens (tertiary/aromatic N) is 6. The minimum absolute atomic E-state index is 0.0911. The van der Waals surface area contributed by atoms with Crippen molar-refractivity contribution in [2.75, 3.05) is 25.5 Å². The molecule has 168 valence electrons. The fraction of sp³-hybridized carbons (Fsp3) is 0.261. The minimum Gasteiger partial charge on any atom is -0.464 e. The van der Waals surface area contributed by atoms with E-state index in [9.17, 15) is 4.79 Å². The topological polar surface area (TPSA) is 128 Å². The van der Waals surface area contributed by atoms with Crippen molar-refractivity contribution >= 4 is 22.6 Å². The van der Waals surface area contributed by atoms with Crippen LogP contribution in [0, 0.1) is 0 Å². The van der Waals surface area contributed by atoms with Gasteiger partial charge in [-0.15, -0.1) is 0 Å². The van der Waals surface area contributed by atoms with Crippen LogP contribution in [-0.4, -0.2) is 56.0 Å². The summed E-state index contributed by atoms with van der Waals surface area (Å²) in [6.45, 7) is 5.09. The predicted octanol–water partition coefficient (Wildman–Crippen LogP) is 2.85. The van der Waals surface area contributed by atoms with Gasteiger partial charge in [-0.1, -0.05) is 25.1 Å². The van der Waals surface area contributed by atoms with E-state index >= 15 is 0 Å². The van der Waals surface area contributed by atoms with Gasteiger partial charge < -0.3 is 15.4 Å². The van der Waals surface area contributed by atoms with Crippen LogP contribution in [0.25, 0.3) is 22.2 Å². The van der Waals surface area contributed by atoms with Crippen LogP contribution < -0.4 is 15.4 Å². The number of carbonyl (C=O) groups is 1. The molecule has 0 spiro atoms. The molecule has 0 saturated heterocycles. The summed E-state index contributed by atoms with van der Waals surface area (Å²) >= 11 is 0. The third-order valence-corrected chi connectivity index (χ3v) is 5.12. The molecule has 2 N–H and O–H groups in total. The molecule has 33 heavy (non-hydrogen) atoms. The van der Waals surface area contributed by atoms with Gasteiger partial charge in [0.2, 0.25) is 0 Å². The Kier molecular flexibility index (Phi) is 6.63. The molecule has 1 atom stereocenters. The van der Waals surface area contributed by atoms with E-state index in [0.29, 0.717) is 36.4 Å². The van der Waals surface area contributed by atoms with Crippen LogP contribution in [-0.2, 0) is 0 Å². The third kappa shape index (κ3) is 4.84. The van der Waals surface area contributed by atoms with Gasteiger partial charge in [0.1, 0.15) is 24.2 Å². The first-order chi connectivity index (χ1) is 16.1. The van der Waals surface area contributed by atoms with E-state index in [4.69, 9.17) is 4.74 Å². The first-order valence-electron chi connectivity index (χ1n) is 10.6. The second-order valence-electron chi connectivity index (χ2n) is 7.30. The summed E-state index contributed by atoms with van der Waals surface area (Å²) in [5.74, 6) is 0.534. The molecular formula is C23H24N8O2. The van der Waals surface area contributed by atoms with E-state index in [1.807, 2.05) is 31.2 Å². The number of hydrogen-bond donors (Lipinski definition) is 2. The Labute approximate surface area is 190 Å². The molecule has 0 radical (unpaired) electrons. The molecule has 10 heteroatoms. The van der Waals surface area contributed by atoms with E-state index in [2.05, 4.69) is 47.5 Å². The van der Waals surface area contributed by atoms with E-state index in [0.717, 1.165) is 22.0 Å². The zero-order valence-corrected chi connectivity index (χ0v) is 18.6. The lowest BCUT2D eigenvalue weighted by atomic mass is 9.97. The molecule has 0 aliphatic rings. The fourth-order valence-corrected chi connectivity index (χ4v) is 3.44. The molecule has 1 amide bonds. The number of ether oxygens (including phenoxy) is 1. The molecule has 4 rings (SSSR count). The Bertz CT molecular complexity index is 1260. The number of anilines is 1. The molecule has 10 nitrogen and oxygen atoms in total. The van der Waals surface area contributed by atoms with Gasteiger partial charge in [-0.25, -0.2) is 29.9 Å². The highest BCUT2D eigenvalue weighted by atomic mass is 16.5. The average Bonchev–Trinajstić information content (AvgIpc) is 2.87. The molecule has 3 heterocycles. The number of carbonyl (C=O) groups excluding carboxylic acids is 1. The van der Waals surface area contributed by atoms with Crippen LogP contribution in [0.5, 0.6) is 6.01 Å². The molecule has 0 aliphatic heterocycles. The first-order valence-corrected chi connectivity index (χ1v) is 10.6. The van der Waals surface area contributed by atoms with Gasteiger partial charge in [0.15, 0.2) is 0 Å². The van der Waals surface area contributed by atoms with E-state index in [1.165, 1.54) is 12.7 Å². The molecule has 0 saturated carbocycles. The summed E-state index contributed by atoms with van der Waals surface area (Å²) in [7, 11) is 1.59. The van der Waals surface area contributed by atoms with Crippen LogP contribution >= 0.6 is 0 Å². The zero-order valence-electron chi connectivity index (χ0n) is 18.6. The second-order valence-corrected chi connectivity index (χ2v) is 7.30. The highest BCUT2D eigenvalue weighted by Gasteiger charge is 2.16. The molecule has 0 fully saturated rings. The highest BCUT2D eigenvalue weighted by molar-refractivity contribution is 6.04. The Balaban J connectivity index is 1.51. The SMILES string of the molecule is CCOc1ncc(-c2cc(NCC(C)c3cccc4c(C(=O)NC)ncnc34)ncn2)cn1. The van der Waals surface area contributed by atoms with Crippen LogP contribution in [0.4, 0.5) is 5.82 Å². The maximum atomic E-state index is 12.2. The van der Waals surface area contributed by atoms with Gasteiger partial charge in [0.05, 0.1) is 17.8 Å². The molecule has 4 aromatic rings. The molecule has 1 aromatic carbocycles. The lowest BCUT2D eigenvalue weighted by molar-refractivity contribution is 0.0960. The summed E-state index contributed by atoms with van der Waals surface area (Å²) < 4.78 is 5.29. The van der Waals surface area contributed by atoms with Crippen molar-refractivity contribution < 1.29 is 9.53 Å². The summed E-state index contributed by atoms with van der Waals surface area (Å²) in [4.78, 5) is 37.8. The van der Waals surface area contributed by atoms with Gasteiger partial charge in [0.25, 0.3) is 5.91 Å². The monoisotopic (exact) mass is 444 g/mol. The molecule has 3 aromatic heterocycles. The Hall–Kier alpha value is -4.21. The summed E-state index contributed by atoms with van der Waals surface area (Å²) in [6, 6.07) is 7.97. The van der Waals surface area contributed by atoms with Crippen LogP contribution in [0.2, 0.25) is 0 Å². The average molecular weight is 444 g/mol. The summed E-state index contributed by atoms with van der Waals surface area (Å²) in [5, 5.41) is 6.71. The third-order valence-electron chi connectivity index (χ3n) is 5.12. The van der Waals surface area contributed by atoms with Crippen molar-refractivity contribution in [2.24, 2.45) is 0 Å². The molecular weight excluding hydrogens is 420 g/mol. The number of rotatable bonds is 8. The van der Waals surface area contributed by atoms with Crippen molar-refractivity contribution in [1.29, 1.82) is 0 Å². The Morgan fingerprint density at radius 3 is 2.61 bits per heavy atom. The fourth-order valence-electron chi connectivity index (χ4n) is 3.44. The summed E-state index contributed by atoms with van der Waals surface area (Å²) in [5.41, 5.74) is 3.61. The van der Waals surface area contributed by atoms with Crippen molar-refractivity contribution in [2.45, 2.75) is 19.8 Å². The van der Waals surface area contributed by atoms with Gasteiger partial charge in [-0.05, 0) is 12.5 Å². The minimum atomic E-state index is -0.239. The number of amides is 1. The first kappa shape index (κ1) is 22.0. The second kappa shape index (κ2) is 9.94. The van der Waals surface area contributed by atoms with Gasteiger partial charge in [-0.2, -0.15) is 0 Å². The van der Waals surface area contributed by atoms with Gasteiger partial charge in [0, 0.05) is 48.9 Å². The number of nitrogens with one attached hydrogen (secondary N) is 2. The standard InChI is InChI=1S/C23H24N8O2/c1-4-33-23-26-10-15(11-27-23)18-8-19(29-12-28-18)25-9-14(2)16-6-5-7-17-20(16)30-13-31-21(17)22(32)24-3/h5-8,10-14H,4,9H2,1-3H3,(H,24,32)(H,25,28,29). The van der Waals surface area contributed by atoms with Crippen molar-refractivity contribution in [3.8, 4) is 17.3 Å². The van der Waals surface area contributed by atoms with Crippen LogP contribution in [0.15, 0.2) is 49.3 Å². The smallest absolute Gasteiger partial charge is 0.316 e. The van der Waals surface area contributed by atoms with E-state index in [1.54, 1.807) is 19.4 Å².